The molecule has 0 radical (unpaired) electrons. The fourth-order valence-corrected chi connectivity index (χ4v) is 2.38. The van der Waals surface area contributed by atoms with E-state index >= 15 is 0 Å². The quantitative estimate of drug-likeness (QED) is 0.597. The average Bonchev–Trinajstić information content (AvgIpc) is 2.58. The molecule has 2 rings (SSSR count). The van der Waals surface area contributed by atoms with Crippen molar-refractivity contribution in [2.24, 2.45) is 0 Å². The fraction of sp³-hybridized carbons (Fsp3) is 0.562. The molecule has 1 aromatic carbocycles. The molecule has 4 unspecified atom stereocenters. The van der Waals surface area contributed by atoms with Crippen molar-refractivity contribution < 1.29 is 34.3 Å². The number of carbonyl (C=O) groups is 1. The van der Waals surface area contributed by atoms with Crippen LogP contribution in [-0.4, -0.2) is 66.3 Å². The van der Waals surface area contributed by atoms with E-state index in [1.165, 1.54) is 0 Å². The highest BCUT2D eigenvalue weighted by Gasteiger charge is 2.43. The van der Waals surface area contributed by atoms with Gasteiger partial charge in [0.05, 0.1) is 13.2 Å². The Kier molecular flexibility index (Phi) is 6.49. The highest BCUT2D eigenvalue weighted by atomic mass is 16.5. The first-order chi connectivity index (χ1) is 11.1. The van der Waals surface area contributed by atoms with Crippen molar-refractivity contribution in [3.63, 3.8) is 0 Å². The molecule has 1 aliphatic rings. The zero-order chi connectivity index (χ0) is 16.8. The molecular weight excluding hydrogens is 304 g/mol. The zero-order valence-corrected chi connectivity index (χ0v) is 12.9. The average molecular weight is 326 g/mol. The van der Waals surface area contributed by atoms with Crippen LogP contribution in [0, 0.1) is 0 Å². The lowest BCUT2D eigenvalue weighted by atomic mass is 9.93. The van der Waals surface area contributed by atoms with Crippen molar-refractivity contribution in [3.05, 3.63) is 29.8 Å². The van der Waals surface area contributed by atoms with Gasteiger partial charge in [0.25, 0.3) is 0 Å². The van der Waals surface area contributed by atoms with Crippen LogP contribution in [-0.2, 0) is 14.3 Å². The third kappa shape index (κ3) is 4.27. The van der Waals surface area contributed by atoms with Crippen molar-refractivity contribution in [3.8, 4) is 5.75 Å². The van der Waals surface area contributed by atoms with E-state index in [2.05, 4.69) is 0 Å². The molecule has 4 atom stereocenters. The number of benzene rings is 1. The maximum atomic E-state index is 12.1. The molecule has 0 aromatic heterocycles. The van der Waals surface area contributed by atoms with E-state index in [1.807, 2.05) is 0 Å². The van der Waals surface area contributed by atoms with Crippen LogP contribution >= 0.6 is 0 Å². The second-order valence-corrected chi connectivity index (χ2v) is 5.34. The standard InChI is InChI=1S/C16H22O7/c1-21-7-2-8-22-11-5-3-10(4-6-11)16-15(20)14(19)13(18)12(9-17)23-16/h3-6,12-14,16-19H,2,7-9H2,1H3. The van der Waals surface area contributed by atoms with E-state index in [9.17, 15) is 20.1 Å². The lowest BCUT2D eigenvalue weighted by Gasteiger charge is -2.35. The molecule has 1 heterocycles. The van der Waals surface area contributed by atoms with Gasteiger partial charge in [0.15, 0.2) is 5.78 Å². The van der Waals surface area contributed by atoms with E-state index in [1.54, 1.807) is 31.4 Å². The Labute approximate surface area is 134 Å². The minimum Gasteiger partial charge on any atom is -0.494 e. The maximum Gasteiger partial charge on any atom is 0.197 e. The van der Waals surface area contributed by atoms with Crippen molar-refractivity contribution in [1.29, 1.82) is 0 Å². The molecule has 128 valence electrons. The minimum atomic E-state index is -1.57. The van der Waals surface area contributed by atoms with Crippen LogP contribution in [0.2, 0.25) is 0 Å². The van der Waals surface area contributed by atoms with Crippen LogP contribution in [0.15, 0.2) is 24.3 Å². The number of carbonyl (C=O) groups excluding carboxylic acids is 1. The molecule has 0 spiro atoms. The molecule has 7 heteroatoms. The van der Waals surface area contributed by atoms with Gasteiger partial charge in [0.1, 0.15) is 30.2 Å². The van der Waals surface area contributed by atoms with Gasteiger partial charge in [0, 0.05) is 20.1 Å². The number of Topliss-reactive ketones (excluding diaryl/α,β-unsaturated/α-hetero) is 1. The van der Waals surface area contributed by atoms with Crippen molar-refractivity contribution in [2.45, 2.75) is 30.8 Å². The summed E-state index contributed by atoms with van der Waals surface area (Å²) in [5.41, 5.74) is 0.531. The number of aliphatic hydroxyl groups excluding tert-OH is 3. The number of methoxy groups -OCH3 is 1. The summed E-state index contributed by atoms with van der Waals surface area (Å²) < 4.78 is 15.9. The maximum absolute atomic E-state index is 12.1. The molecule has 0 bridgehead atoms. The Morgan fingerprint density at radius 2 is 1.87 bits per heavy atom. The predicted octanol–water partition coefficient (Wildman–Crippen LogP) is -0.175. The molecule has 1 saturated heterocycles. The molecule has 7 nitrogen and oxygen atoms in total. The summed E-state index contributed by atoms with van der Waals surface area (Å²) in [6.07, 6.45) is -4.25. The molecule has 3 N–H and O–H groups in total. The summed E-state index contributed by atoms with van der Waals surface area (Å²) in [4.78, 5) is 12.1. The number of rotatable bonds is 7. The first-order valence-corrected chi connectivity index (χ1v) is 7.46. The number of hydrogen-bond acceptors (Lipinski definition) is 7. The zero-order valence-electron chi connectivity index (χ0n) is 12.9. The number of hydrogen-bond donors (Lipinski definition) is 3. The molecule has 1 aromatic rings. The lowest BCUT2D eigenvalue weighted by molar-refractivity contribution is -0.189. The van der Waals surface area contributed by atoms with E-state index in [0.717, 1.165) is 6.42 Å². The topological polar surface area (TPSA) is 105 Å². The summed E-state index contributed by atoms with van der Waals surface area (Å²) >= 11 is 0. The highest BCUT2D eigenvalue weighted by molar-refractivity contribution is 5.89. The predicted molar refractivity (Wildman–Crippen MR) is 80.2 cm³/mol. The van der Waals surface area contributed by atoms with Gasteiger partial charge in [-0.1, -0.05) is 12.1 Å². The van der Waals surface area contributed by atoms with Gasteiger partial charge in [-0.05, 0) is 17.7 Å². The van der Waals surface area contributed by atoms with Gasteiger partial charge < -0.3 is 29.5 Å². The molecule has 1 aliphatic heterocycles. The van der Waals surface area contributed by atoms with E-state index in [4.69, 9.17) is 14.2 Å². The fourth-order valence-electron chi connectivity index (χ4n) is 2.38. The third-order valence-electron chi connectivity index (χ3n) is 3.69. The summed E-state index contributed by atoms with van der Waals surface area (Å²) in [5, 5.41) is 28.6. The summed E-state index contributed by atoms with van der Waals surface area (Å²) in [5.74, 6) is 0.0170. The normalized spacial score (nSPS) is 27.9. The van der Waals surface area contributed by atoms with E-state index in [-0.39, 0.29) is 0 Å². The van der Waals surface area contributed by atoms with Crippen LogP contribution in [0.1, 0.15) is 18.1 Å². The van der Waals surface area contributed by atoms with Gasteiger partial charge in [-0.3, -0.25) is 4.79 Å². The number of aliphatic hydroxyl groups is 3. The largest absolute Gasteiger partial charge is 0.494 e. The highest BCUT2D eigenvalue weighted by Crippen LogP contribution is 2.30. The van der Waals surface area contributed by atoms with Crippen LogP contribution in [0.25, 0.3) is 0 Å². The molecule has 0 aliphatic carbocycles. The van der Waals surface area contributed by atoms with Crippen molar-refractivity contribution in [2.75, 3.05) is 26.9 Å². The Morgan fingerprint density at radius 3 is 2.48 bits per heavy atom. The Bertz CT molecular complexity index is 502. The van der Waals surface area contributed by atoms with Crippen LogP contribution < -0.4 is 4.74 Å². The molecular formula is C16H22O7. The molecule has 0 amide bonds. The van der Waals surface area contributed by atoms with Gasteiger partial charge >= 0.3 is 0 Å². The van der Waals surface area contributed by atoms with Gasteiger partial charge in [-0.2, -0.15) is 0 Å². The first-order valence-electron chi connectivity index (χ1n) is 7.46. The van der Waals surface area contributed by atoms with Gasteiger partial charge in [0.2, 0.25) is 0 Å². The molecule has 1 fully saturated rings. The van der Waals surface area contributed by atoms with E-state index in [0.29, 0.717) is 24.5 Å². The second kappa shape index (κ2) is 8.37. The SMILES string of the molecule is COCCCOc1ccc(C2OC(CO)C(O)C(O)C2=O)cc1. The lowest BCUT2D eigenvalue weighted by Crippen LogP contribution is -2.53. The second-order valence-electron chi connectivity index (χ2n) is 5.34. The first kappa shape index (κ1) is 17.8. The molecule has 0 saturated carbocycles. The Hall–Kier alpha value is -1.51. The minimum absolute atomic E-state index is 0.483. The van der Waals surface area contributed by atoms with Crippen LogP contribution in [0.4, 0.5) is 0 Å². The Morgan fingerprint density at radius 1 is 1.17 bits per heavy atom. The van der Waals surface area contributed by atoms with Crippen LogP contribution in [0.5, 0.6) is 5.75 Å². The van der Waals surface area contributed by atoms with Gasteiger partial charge in [-0.25, -0.2) is 0 Å². The summed E-state index contributed by atoms with van der Waals surface area (Å²) in [6.45, 7) is 0.650. The number of ketones is 1. The molecule has 23 heavy (non-hydrogen) atoms. The van der Waals surface area contributed by atoms with Crippen molar-refractivity contribution >= 4 is 5.78 Å². The smallest absolute Gasteiger partial charge is 0.197 e. The van der Waals surface area contributed by atoms with E-state index < -0.39 is 36.8 Å². The van der Waals surface area contributed by atoms with Gasteiger partial charge in [-0.15, -0.1) is 0 Å². The Balaban J connectivity index is 2.01. The van der Waals surface area contributed by atoms with Crippen LogP contribution in [0.3, 0.4) is 0 Å². The summed E-state index contributed by atoms with van der Waals surface area (Å²) in [7, 11) is 1.63. The van der Waals surface area contributed by atoms with Crippen molar-refractivity contribution in [1.82, 2.24) is 0 Å². The third-order valence-corrected chi connectivity index (χ3v) is 3.69. The monoisotopic (exact) mass is 326 g/mol. The summed E-state index contributed by atoms with van der Waals surface area (Å²) in [6, 6.07) is 6.72. The number of ether oxygens (including phenoxy) is 3.